The van der Waals surface area contributed by atoms with Gasteiger partial charge in [-0.2, -0.15) is 18.3 Å². The van der Waals surface area contributed by atoms with Crippen LogP contribution in [0.2, 0.25) is 0 Å². The zero-order valence-corrected chi connectivity index (χ0v) is 20.0. The Kier molecular flexibility index (Phi) is 7.62. The Morgan fingerprint density at radius 3 is 2.63 bits per heavy atom. The number of methoxy groups -OCH3 is 1. The molecule has 11 nitrogen and oxygen atoms in total. The number of ether oxygens (including phenoxy) is 2. The van der Waals surface area contributed by atoms with E-state index in [4.69, 9.17) is 9.47 Å². The second-order valence-electron chi connectivity index (χ2n) is 8.43. The molecule has 2 amide bonds. The number of carbonyl (C=O) groups excluding carboxylic acids is 2. The Labute approximate surface area is 213 Å². The van der Waals surface area contributed by atoms with Gasteiger partial charge in [0.1, 0.15) is 11.3 Å². The van der Waals surface area contributed by atoms with Crippen molar-refractivity contribution in [3.63, 3.8) is 0 Å². The van der Waals surface area contributed by atoms with Gasteiger partial charge in [0.15, 0.2) is 0 Å². The lowest BCUT2D eigenvalue weighted by atomic mass is 9.96. The second-order valence-corrected chi connectivity index (χ2v) is 8.43. The highest BCUT2D eigenvalue weighted by Crippen LogP contribution is 2.38. The van der Waals surface area contributed by atoms with Crippen molar-refractivity contribution in [1.82, 2.24) is 25.8 Å². The number of alkyl halides is 3. The molecule has 0 saturated carbocycles. The predicted molar refractivity (Wildman–Crippen MR) is 128 cm³/mol. The lowest BCUT2D eigenvalue weighted by Gasteiger charge is -2.27. The maximum absolute atomic E-state index is 13.5. The van der Waals surface area contributed by atoms with Gasteiger partial charge in [-0.1, -0.05) is 0 Å². The van der Waals surface area contributed by atoms with Crippen molar-refractivity contribution in [2.24, 2.45) is 0 Å². The fraction of sp³-hybridized carbons (Fsp3) is 0.292. The molecule has 0 aliphatic carbocycles. The van der Waals surface area contributed by atoms with Crippen molar-refractivity contribution < 1.29 is 32.2 Å². The number of rotatable bonds is 8. The smallest absolute Gasteiger partial charge is 0.418 e. The van der Waals surface area contributed by atoms with Gasteiger partial charge in [0, 0.05) is 19.1 Å². The number of hydrogen-bond acceptors (Lipinski definition) is 8. The number of halogens is 3. The Hall–Kier alpha value is -4.46. The van der Waals surface area contributed by atoms with Crippen LogP contribution in [-0.4, -0.2) is 52.9 Å². The predicted octanol–water partition coefficient (Wildman–Crippen LogP) is 2.14. The van der Waals surface area contributed by atoms with Crippen molar-refractivity contribution in [2.45, 2.75) is 24.7 Å². The highest BCUT2D eigenvalue weighted by molar-refractivity contribution is 5.99. The number of benzene rings is 1. The molecule has 0 unspecified atom stereocenters. The Morgan fingerprint density at radius 2 is 2.00 bits per heavy atom. The van der Waals surface area contributed by atoms with E-state index >= 15 is 0 Å². The fourth-order valence-corrected chi connectivity index (χ4v) is 3.78. The molecule has 0 bridgehead atoms. The third kappa shape index (κ3) is 6.08. The third-order valence-corrected chi connectivity index (χ3v) is 5.80. The van der Waals surface area contributed by atoms with Crippen LogP contribution in [0.1, 0.15) is 28.0 Å². The molecule has 4 rings (SSSR count). The quantitative estimate of drug-likeness (QED) is 0.345. The number of nitrogens with one attached hydrogen (secondary N) is 4. The van der Waals surface area contributed by atoms with Crippen LogP contribution in [0.3, 0.4) is 0 Å². The summed E-state index contributed by atoms with van der Waals surface area (Å²) >= 11 is 0. The first-order valence-electron chi connectivity index (χ1n) is 11.3. The number of aromatic amines is 1. The molecule has 4 N–H and O–H groups in total. The SMILES string of the molecule is COc1ccc(Nc2ccc(CNC(=O)[C@]3(NC(=O)c4cn[nH]c(=O)c4)CCOC3)nc2)c(C(F)(F)F)c1. The summed E-state index contributed by atoms with van der Waals surface area (Å²) in [5.74, 6) is -1.10. The van der Waals surface area contributed by atoms with Crippen LogP contribution in [0.25, 0.3) is 0 Å². The summed E-state index contributed by atoms with van der Waals surface area (Å²) in [6, 6.07) is 7.68. The minimum atomic E-state index is -4.60. The molecule has 1 aliphatic rings. The summed E-state index contributed by atoms with van der Waals surface area (Å²) in [6.45, 7) is 0.158. The number of amides is 2. The van der Waals surface area contributed by atoms with Gasteiger partial charge in [0.25, 0.3) is 11.5 Å². The van der Waals surface area contributed by atoms with Gasteiger partial charge in [-0.05, 0) is 30.3 Å². The minimum absolute atomic E-state index is 0.0110. The summed E-state index contributed by atoms with van der Waals surface area (Å²) in [4.78, 5) is 41.3. The van der Waals surface area contributed by atoms with E-state index in [1.165, 1.54) is 43.8 Å². The van der Waals surface area contributed by atoms with Gasteiger partial charge in [-0.3, -0.25) is 19.4 Å². The van der Waals surface area contributed by atoms with Crippen LogP contribution >= 0.6 is 0 Å². The number of aromatic nitrogens is 3. The first-order valence-corrected chi connectivity index (χ1v) is 11.3. The molecule has 3 aromatic rings. The van der Waals surface area contributed by atoms with Crippen molar-refractivity contribution >= 4 is 23.2 Å². The summed E-state index contributed by atoms with van der Waals surface area (Å²) in [5, 5.41) is 13.8. The summed E-state index contributed by atoms with van der Waals surface area (Å²) in [7, 11) is 1.28. The number of hydrogen-bond donors (Lipinski definition) is 4. The van der Waals surface area contributed by atoms with Crippen LogP contribution in [-0.2, 0) is 22.3 Å². The molecule has 38 heavy (non-hydrogen) atoms. The van der Waals surface area contributed by atoms with Gasteiger partial charge in [-0.25, -0.2) is 5.10 Å². The lowest BCUT2D eigenvalue weighted by Crippen LogP contribution is -2.59. The van der Waals surface area contributed by atoms with E-state index in [0.717, 1.165) is 12.1 Å². The minimum Gasteiger partial charge on any atom is -0.497 e. The van der Waals surface area contributed by atoms with Gasteiger partial charge in [-0.15, -0.1) is 0 Å². The summed E-state index contributed by atoms with van der Waals surface area (Å²) < 4.78 is 50.6. The number of anilines is 2. The van der Waals surface area contributed by atoms with Crippen LogP contribution < -0.4 is 26.2 Å². The molecule has 1 aromatic carbocycles. The van der Waals surface area contributed by atoms with Crippen molar-refractivity contribution in [3.8, 4) is 5.75 Å². The van der Waals surface area contributed by atoms with Crippen LogP contribution in [0.15, 0.2) is 53.6 Å². The molecule has 200 valence electrons. The molecule has 3 heterocycles. The van der Waals surface area contributed by atoms with E-state index in [1.807, 2.05) is 0 Å². The van der Waals surface area contributed by atoms with E-state index in [2.05, 4.69) is 31.1 Å². The van der Waals surface area contributed by atoms with E-state index in [0.29, 0.717) is 11.4 Å². The molecule has 0 radical (unpaired) electrons. The standard InChI is InChI=1S/C24H23F3N6O5/c1-37-17-4-5-19(18(9-17)24(25,26)27)31-16-3-2-15(28-12-16)11-29-22(36)23(6-7-38-13-23)32-21(35)14-8-20(34)33-30-10-14/h2-5,8-10,12,31H,6-7,11,13H2,1H3,(H,29,36)(H,32,35)(H,33,34)/t23-/m0/s1. The number of nitrogens with zero attached hydrogens (tertiary/aromatic N) is 2. The number of pyridine rings is 1. The molecule has 1 aliphatic heterocycles. The van der Waals surface area contributed by atoms with Crippen molar-refractivity contribution in [1.29, 1.82) is 0 Å². The van der Waals surface area contributed by atoms with Gasteiger partial charge < -0.3 is 25.4 Å². The van der Waals surface area contributed by atoms with Crippen LogP contribution in [0, 0.1) is 0 Å². The van der Waals surface area contributed by atoms with E-state index in [-0.39, 0.29) is 43.2 Å². The topological polar surface area (TPSA) is 147 Å². The monoisotopic (exact) mass is 532 g/mol. The zero-order valence-electron chi connectivity index (χ0n) is 20.0. The summed E-state index contributed by atoms with van der Waals surface area (Å²) in [6.07, 6.45) is -1.89. The maximum atomic E-state index is 13.5. The normalized spacial score (nSPS) is 17.1. The Balaban J connectivity index is 1.41. The Bertz CT molecular complexity index is 1370. The average molecular weight is 532 g/mol. The van der Waals surface area contributed by atoms with Crippen LogP contribution in [0.4, 0.5) is 24.5 Å². The number of carbonyl (C=O) groups is 2. The lowest BCUT2D eigenvalue weighted by molar-refractivity contribution is -0.137. The van der Waals surface area contributed by atoms with Crippen molar-refractivity contribution in [3.05, 3.63) is 76.0 Å². The van der Waals surface area contributed by atoms with Crippen LogP contribution in [0.5, 0.6) is 5.75 Å². The van der Waals surface area contributed by atoms with E-state index in [9.17, 15) is 27.6 Å². The molecule has 14 heteroatoms. The molecule has 1 saturated heterocycles. The third-order valence-electron chi connectivity index (χ3n) is 5.80. The highest BCUT2D eigenvalue weighted by atomic mass is 19.4. The molecule has 0 spiro atoms. The number of H-pyrrole nitrogens is 1. The molecule has 1 atom stereocenters. The fourth-order valence-electron chi connectivity index (χ4n) is 3.78. The van der Waals surface area contributed by atoms with Gasteiger partial charge >= 0.3 is 6.18 Å². The first-order chi connectivity index (χ1) is 18.1. The van der Waals surface area contributed by atoms with Gasteiger partial charge in [0.2, 0.25) is 5.91 Å². The second kappa shape index (κ2) is 10.9. The van der Waals surface area contributed by atoms with Gasteiger partial charge in [0.05, 0.1) is 60.9 Å². The van der Waals surface area contributed by atoms with E-state index < -0.39 is 34.7 Å². The molecular formula is C24H23F3N6O5. The molecule has 1 fully saturated rings. The zero-order chi connectivity index (χ0) is 27.3. The molecular weight excluding hydrogens is 509 g/mol. The maximum Gasteiger partial charge on any atom is 0.418 e. The highest BCUT2D eigenvalue weighted by Gasteiger charge is 2.44. The summed E-state index contributed by atoms with van der Waals surface area (Å²) in [5.41, 5.74) is -2.27. The molecule has 2 aromatic heterocycles. The Morgan fingerprint density at radius 1 is 1.18 bits per heavy atom. The van der Waals surface area contributed by atoms with Crippen molar-refractivity contribution in [2.75, 3.05) is 25.6 Å². The largest absolute Gasteiger partial charge is 0.497 e. The first kappa shape index (κ1) is 26.6. The van der Waals surface area contributed by atoms with E-state index in [1.54, 1.807) is 0 Å². The average Bonchev–Trinajstić information content (AvgIpc) is 3.37.